The van der Waals surface area contributed by atoms with Crippen LogP contribution in [0.5, 0.6) is 0 Å². The summed E-state index contributed by atoms with van der Waals surface area (Å²) in [5.74, 6) is -0.740. The number of benzene rings is 2. The molecule has 148 valence electrons. The molecule has 0 fully saturated rings. The molecule has 0 saturated carbocycles. The average molecular weight is 393 g/mol. The molecule has 9 nitrogen and oxygen atoms in total. The Balaban J connectivity index is 1.84. The van der Waals surface area contributed by atoms with Crippen LogP contribution in [0.3, 0.4) is 0 Å². The van der Waals surface area contributed by atoms with E-state index in [1.807, 2.05) is 32.0 Å². The maximum atomic E-state index is 12.7. The summed E-state index contributed by atoms with van der Waals surface area (Å²) in [6.07, 6.45) is 1.22. The van der Waals surface area contributed by atoms with E-state index in [0.717, 1.165) is 11.1 Å². The van der Waals surface area contributed by atoms with Gasteiger partial charge in [0.2, 0.25) is 0 Å². The third kappa shape index (κ3) is 3.98. The van der Waals surface area contributed by atoms with Crippen molar-refractivity contribution in [3.63, 3.8) is 0 Å². The van der Waals surface area contributed by atoms with Gasteiger partial charge >= 0.3 is 0 Å². The molecule has 1 aromatic heterocycles. The summed E-state index contributed by atoms with van der Waals surface area (Å²) in [4.78, 5) is 35.3. The lowest BCUT2D eigenvalue weighted by molar-refractivity contribution is -0.385. The Morgan fingerprint density at radius 3 is 2.59 bits per heavy atom. The number of rotatable bonds is 5. The lowest BCUT2D eigenvalue weighted by atomic mass is 10.1. The highest BCUT2D eigenvalue weighted by Gasteiger charge is 2.18. The number of hydrogen-bond acceptors (Lipinski definition) is 5. The molecule has 9 heteroatoms. The van der Waals surface area contributed by atoms with Gasteiger partial charge in [-0.25, -0.2) is 10.1 Å². The van der Waals surface area contributed by atoms with Crippen LogP contribution in [0.1, 0.15) is 32.7 Å². The quantitative estimate of drug-likeness (QED) is 0.393. The molecule has 0 unspecified atom stereocenters. The number of amides is 1. The first kappa shape index (κ1) is 19.7. The highest BCUT2D eigenvalue weighted by atomic mass is 16.6. The molecule has 0 aliphatic rings. The molecule has 29 heavy (non-hydrogen) atoms. The van der Waals surface area contributed by atoms with Crippen LogP contribution in [0.4, 0.5) is 5.69 Å². The number of carbonyl (C=O) groups excluding carboxylic acids is 1. The van der Waals surface area contributed by atoms with Crippen molar-refractivity contribution < 1.29 is 9.72 Å². The van der Waals surface area contributed by atoms with Gasteiger partial charge in [0, 0.05) is 11.8 Å². The summed E-state index contributed by atoms with van der Waals surface area (Å²) in [6, 6.07) is 11.2. The number of nitrogens with zero attached hydrogens (tertiary/aromatic N) is 3. The predicted octanol–water partition coefficient (Wildman–Crippen LogP) is 2.76. The molecule has 2 aromatic carbocycles. The first-order chi connectivity index (χ1) is 13.8. The van der Waals surface area contributed by atoms with E-state index < -0.39 is 10.8 Å². The SMILES string of the molecule is Cc1ccc(-n2[nH]c(C)c(/C=N/NC(=O)c3ccccc3[N+](=O)[O-])c2=O)cc1C. The summed E-state index contributed by atoms with van der Waals surface area (Å²) >= 11 is 0. The lowest BCUT2D eigenvalue weighted by Gasteiger charge is -2.05. The summed E-state index contributed by atoms with van der Waals surface area (Å²) in [6.45, 7) is 5.66. The fourth-order valence-corrected chi connectivity index (χ4v) is 2.80. The molecule has 0 spiro atoms. The van der Waals surface area contributed by atoms with Gasteiger partial charge in [-0.15, -0.1) is 0 Å². The van der Waals surface area contributed by atoms with E-state index in [4.69, 9.17) is 0 Å². The first-order valence-electron chi connectivity index (χ1n) is 8.75. The molecule has 2 N–H and O–H groups in total. The molecule has 1 amide bonds. The number of nitro groups is 1. The van der Waals surface area contributed by atoms with E-state index in [1.165, 1.54) is 35.2 Å². The van der Waals surface area contributed by atoms with Crippen molar-refractivity contribution in [2.45, 2.75) is 20.8 Å². The smallest absolute Gasteiger partial charge is 0.282 e. The Hall–Kier alpha value is -4.01. The molecule has 0 radical (unpaired) electrons. The minimum absolute atomic E-state index is 0.118. The number of nitro benzene ring substituents is 1. The number of hydrazone groups is 1. The molecule has 0 bridgehead atoms. The normalized spacial score (nSPS) is 11.0. The second kappa shape index (κ2) is 7.93. The number of aromatic amines is 1. The van der Waals surface area contributed by atoms with Gasteiger partial charge in [0.25, 0.3) is 17.2 Å². The standard InChI is InChI=1S/C20H19N5O4/c1-12-8-9-15(10-13(12)2)24-20(27)17(14(3)23-24)11-21-22-19(26)16-6-4-5-7-18(16)25(28)29/h4-11,23H,1-3H3,(H,22,26)/b21-11+. The molecule has 1 heterocycles. The zero-order chi connectivity index (χ0) is 21.1. The van der Waals surface area contributed by atoms with Crippen molar-refractivity contribution in [1.82, 2.24) is 15.2 Å². The van der Waals surface area contributed by atoms with Crippen molar-refractivity contribution in [3.05, 3.63) is 90.9 Å². The van der Waals surface area contributed by atoms with Gasteiger partial charge in [-0.05, 0) is 50.1 Å². The second-order valence-corrected chi connectivity index (χ2v) is 6.53. The van der Waals surface area contributed by atoms with Crippen molar-refractivity contribution in [1.29, 1.82) is 0 Å². The second-order valence-electron chi connectivity index (χ2n) is 6.53. The van der Waals surface area contributed by atoms with E-state index in [9.17, 15) is 19.7 Å². The largest absolute Gasteiger partial charge is 0.295 e. The van der Waals surface area contributed by atoms with Crippen molar-refractivity contribution in [3.8, 4) is 5.69 Å². The topological polar surface area (TPSA) is 122 Å². The summed E-state index contributed by atoms with van der Waals surface area (Å²) in [5.41, 5.74) is 5.15. The fraction of sp³-hybridized carbons (Fsp3) is 0.150. The Bertz CT molecular complexity index is 1190. The van der Waals surface area contributed by atoms with Crippen LogP contribution < -0.4 is 11.0 Å². The molecule has 0 atom stereocenters. The maximum absolute atomic E-state index is 12.7. The third-order valence-corrected chi connectivity index (χ3v) is 4.57. The Kier molecular flexibility index (Phi) is 5.40. The third-order valence-electron chi connectivity index (χ3n) is 4.57. The first-order valence-corrected chi connectivity index (χ1v) is 8.75. The van der Waals surface area contributed by atoms with Gasteiger partial charge < -0.3 is 0 Å². The van der Waals surface area contributed by atoms with Gasteiger partial charge in [-0.2, -0.15) is 5.10 Å². The van der Waals surface area contributed by atoms with Gasteiger partial charge in [0.05, 0.1) is 22.4 Å². The minimum atomic E-state index is -0.740. The number of nitrogens with one attached hydrogen (secondary N) is 2. The van der Waals surface area contributed by atoms with E-state index in [0.29, 0.717) is 11.4 Å². The molecule has 0 aliphatic carbocycles. The van der Waals surface area contributed by atoms with E-state index in [2.05, 4.69) is 15.6 Å². The van der Waals surface area contributed by atoms with Crippen LogP contribution >= 0.6 is 0 Å². The molecule has 3 rings (SSSR count). The zero-order valence-corrected chi connectivity index (χ0v) is 16.1. The molecular formula is C20H19N5O4. The van der Waals surface area contributed by atoms with Gasteiger partial charge in [0.1, 0.15) is 5.56 Å². The van der Waals surface area contributed by atoms with Gasteiger partial charge in [-0.3, -0.25) is 24.8 Å². The van der Waals surface area contributed by atoms with Gasteiger partial charge in [-0.1, -0.05) is 18.2 Å². The number of para-hydroxylation sites is 1. The number of aryl methyl sites for hydroxylation is 3. The van der Waals surface area contributed by atoms with Gasteiger partial charge in [0.15, 0.2) is 0 Å². The van der Waals surface area contributed by atoms with Crippen LogP contribution in [0.2, 0.25) is 0 Å². The molecule has 3 aromatic rings. The average Bonchev–Trinajstić information content (AvgIpc) is 2.98. The monoisotopic (exact) mass is 393 g/mol. The fourth-order valence-electron chi connectivity index (χ4n) is 2.80. The zero-order valence-electron chi connectivity index (χ0n) is 16.1. The number of aromatic nitrogens is 2. The Morgan fingerprint density at radius 1 is 1.17 bits per heavy atom. The van der Waals surface area contributed by atoms with E-state index in [-0.39, 0.29) is 22.4 Å². The maximum Gasteiger partial charge on any atom is 0.282 e. The highest BCUT2D eigenvalue weighted by Crippen LogP contribution is 2.17. The number of carbonyl (C=O) groups is 1. The Morgan fingerprint density at radius 2 is 1.90 bits per heavy atom. The molecular weight excluding hydrogens is 374 g/mol. The number of H-pyrrole nitrogens is 1. The summed E-state index contributed by atoms with van der Waals surface area (Å²) < 4.78 is 1.40. The Labute approximate surface area is 165 Å². The summed E-state index contributed by atoms with van der Waals surface area (Å²) in [7, 11) is 0. The van der Waals surface area contributed by atoms with Crippen LogP contribution in [0.25, 0.3) is 5.69 Å². The van der Waals surface area contributed by atoms with Crippen LogP contribution in [-0.2, 0) is 0 Å². The highest BCUT2D eigenvalue weighted by molar-refractivity contribution is 5.98. The predicted molar refractivity (Wildman–Crippen MR) is 109 cm³/mol. The lowest BCUT2D eigenvalue weighted by Crippen LogP contribution is -2.21. The van der Waals surface area contributed by atoms with Crippen molar-refractivity contribution in [2.75, 3.05) is 0 Å². The molecule has 0 saturated heterocycles. The van der Waals surface area contributed by atoms with Crippen molar-refractivity contribution >= 4 is 17.8 Å². The molecule has 0 aliphatic heterocycles. The van der Waals surface area contributed by atoms with Crippen LogP contribution in [-0.4, -0.2) is 26.8 Å². The minimum Gasteiger partial charge on any atom is -0.295 e. The summed E-state index contributed by atoms with van der Waals surface area (Å²) in [5, 5.41) is 17.8. The van der Waals surface area contributed by atoms with E-state index >= 15 is 0 Å². The van der Waals surface area contributed by atoms with Crippen LogP contribution in [0.15, 0.2) is 52.4 Å². The van der Waals surface area contributed by atoms with E-state index in [1.54, 1.807) is 6.92 Å². The van der Waals surface area contributed by atoms with Crippen LogP contribution in [0, 0.1) is 30.9 Å². The number of hydrogen-bond donors (Lipinski definition) is 2. The van der Waals surface area contributed by atoms with Crippen molar-refractivity contribution in [2.24, 2.45) is 5.10 Å².